The molecule has 0 N–H and O–H groups in total. The molecule has 0 aliphatic heterocycles. The molecule has 0 aliphatic carbocycles. The van der Waals surface area contributed by atoms with Crippen LogP contribution in [0.25, 0.3) is 20.2 Å². The van der Waals surface area contributed by atoms with E-state index in [2.05, 4.69) is 22.6 Å². The summed E-state index contributed by atoms with van der Waals surface area (Å²) in [4.78, 5) is 12.4. The highest BCUT2D eigenvalue weighted by molar-refractivity contribution is 14.1. The van der Waals surface area contributed by atoms with Gasteiger partial charge in [0.15, 0.2) is 5.43 Å². The Morgan fingerprint density at radius 2 is 1.88 bits per heavy atom. The van der Waals surface area contributed by atoms with Gasteiger partial charge in [-0.15, -0.1) is 11.3 Å². The van der Waals surface area contributed by atoms with Gasteiger partial charge in [-0.1, -0.05) is 23.7 Å². The third kappa shape index (κ3) is 1.86. The van der Waals surface area contributed by atoms with Crippen LogP contribution < -0.4 is 5.43 Å². The first-order chi connectivity index (χ1) is 8.16. The van der Waals surface area contributed by atoms with Gasteiger partial charge in [-0.05, 0) is 46.9 Å². The van der Waals surface area contributed by atoms with Crippen LogP contribution in [0, 0.1) is 3.57 Å². The predicted octanol–water partition coefficient (Wildman–Crippen LogP) is 4.67. The van der Waals surface area contributed by atoms with Gasteiger partial charge in [-0.2, -0.15) is 0 Å². The van der Waals surface area contributed by atoms with E-state index in [-0.39, 0.29) is 5.43 Å². The molecule has 0 spiro atoms. The van der Waals surface area contributed by atoms with Crippen LogP contribution in [0.5, 0.6) is 0 Å². The van der Waals surface area contributed by atoms with Crippen LogP contribution in [0.3, 0.4) is 0 Å². The maximum Gasteiger partial charge on any atom is 0.196 e. The molecule has 0 aliphatic rings. The smallest absolute Gasteiger partial charge is 0.196 e. The fraction of sp³-hybridized carbons (Fsp3) is 0. The summed E-state index contributed by atoms with van der Waals surface area (Å²) < 4.78 is 2.87. The number of benzene rings is 2. The van der Waals surface area contributed by atoms with Crippen molar-refractivity contribution in [3.8, 4) is 0 Å². The van der Waals surface area contributed by atoms with Gasteiger partial charge in [-0.25, -0.2) is 0 Å². The van der Waals surface area contributed by atoms with Crippen molar-refractivity contribution in [1.29, 1.82) is 0 Å². The van der Waals surface area contributed by atoms with Gasteiger partial charge in [0, 0.05) is 23.4 Å². The molecule has 0 atom stereocenters. The Hall–Kier alpha value is -0.650. The van der Waals surface area contributed by atoms with Crippen molar-refractivity contribution in [3.63, 3.8) is 0 Å². The molecular weight excluding hydrogens is 367 g/mol. The standard InChI is InChI=1S/C13H6ClIOS/c14-7-5-9(15)12-11(6-7)17-10-4-2-1-3-8(10)13(12)16/h1-6H. The second-order valence-corrected chi connectivity index (χ2v) is 6.37. The predicted molar refractivity (Wildman–Crippen MR) is 83.3 cm³/mol. The Labute approximate surface area is 120 Å². The van der Waals surface area contributed by atoms with Gasteiger partial charge in [0.2, 0.25) is 0 Å². The number of rotatable bonds is 0. The minimum absolute atomic E-state index is 0.0930. The zero-order chi connectivity index (χ0) is 12.0. The summed E-state index contributed by atoms with van der Waals surface area (Å²) in [6.45, 7) is 0. The van der Waals surface area contributed by atoms with E-state index in [9.17, 15) is 4.79 Å². The molecule has 1 aromatic heterocycles. The average molecular weight is 373 g/mol. The molecule has 0 fully saturated rings. The highest BCUT2D eigenvalue weighted by Gasteiger charge is 2.09. The molecule has 3 rings (SSSR count). The van der Waals surface area contributed by atoms with Crippen LogP contribution in [0.1, 0.15) is 0 Å². The van der Waals surface area contributed by atoms with Crippen LogP contribution in [-0.2, 0) is 0 Å². The van der Waals surface area contributed by atoms with E-state index >= 15 is 0 Å². The third-order valence-corrected chi connectivity index (χ3v) is 4.78. The summed E-state index contributed by atoms with van der Waals surface area (Å²) in [5.41, 5.74) is 0.0930. The molecule has 17 heavy (non-hydrogen) atoms. The van der Waals surface area contributed by atoms with Gasteiger partial charge in [0.1, 0.15) is 0 Å². The third-order valence-electron chi connectivity index (χ3n) is 2.60. The molecule has 0 amide bonds. The van der Waals surface area contributed by atoms with Crippen molar-refractivity contribution in [3.05, 3.63) is 55.2 Å². The van der Waals surface area contributed by atoms with Crippen molar-refractivity contribution < 1.29 is 0 Å². The molecule has 0 unspecified atom stereocenters. The second-order valence-electron chi connectivity index (χ2n) is 3.69. The largest absolute Gasteiger partial charge is 0.288 e. The Morgan fingerprint density at radius 3 is 2.71 bits per heavy atom. The number of halogens is 2. The van der Waals surface area contributed by atoms with E-state index in [1.165, 1.54) is 0 Å². The summed E-state index contributed by atoms with van der Waals surface area (Å²) in [5.74, 6) is 0. The van der Waals surface area contributed by atoms with Gasteiger partial charge >= 0.3 is 0 Å². The van der Waals surface area contributed by atoms with Gasteiger partial charge < -0.3 is 0 Å². The molecule has 0 radical (unpaired) electrons. The first kappa shape index (κ1) is 11.4. The van der Waals surface area contributed by atoms with Crippen LogP contribution >= 0.6 is 45.5 Å². The molecule has 0 bridgehead atoms. The van der Waals surface area contributed by atoms with Gasteiger partial charge in [0.05, 0.1) is 5.39 Å². The maximum absolute atomic E-state index is 12.4. The minimum atomic E-state index is 0.0930. The van der Waals surface area contributed by atoms with E-state index in [4.69, 9.17) is 11.6 Å². The lowest BCUT2D eigenvalue weighted by Gasteiger charge is -2.03. The summed E-state index contributed by atoms with van der Waals surface area (Å²) in [7, 11) is 0. The Bertz CT molecular complexity index is 794. The molecule has 4 heteroatoms. The fourth-order valence-electron chi connectivity index (χ4n) is 1.85. The number of fused-ring (bicyclic) bond motifs is 2. The van der Waals surface area contributed by atoms with E-state index in [0.717, 1.165) is 23.7 Å². The van der Waals surface area contributed by atoms with Gasteiger partial charge in [0.25, 0.3) is 0 Å². The lowest BCUT2D eigenvalue weighted by molar-refractivity contribution is 1.71. The monoisotopic (exact) mass is 372 g/mol. The first-order valence-corrected chi connectivity index (χ1v) is 7.25. The van der Waals surface area contributed by atoms with Crippen molar-refractivity contribution in [1.82, 2.24) is 0 Å². The summed E-state index contributed by atoms with van der Waals surface area (Å²) in [5, 5.41) is 2.23. The van der Waals surface area contributed by atoms with Crippen LogP contribution in [0.15, 0.2) is 41.2 Å². The molecule has 2 aromatic carbocycles. The first-order valence-electron chi connectivity index (χ1n) is 4.97. The van der Waals surface area contributed by atoms with Crippen molar-refractivity contribution in [2.75, 3.05) is 0 Å². The average Bonchev–Trinajstić information content (AvgIpc) is 2.28. The van der Waals surface area contributed by atoms with Crippen LogP contribution in [-0.4, -0.2) is 0 Å². The number of hydrogen-bond acceptors (Lipinski definition) is 2. The quantitative estimate of drug-likeness (QED) is 0.414. The highest BCUT2D eigenvalue weighted by atomic mass is 127. The summed E-state index contributed by atoms with van der Waals surface area (Å²) >= 11 is 9.80. The van der Waals surface area contributed by atoms with Crippen molar-refractivity contribution in [2.24, 2.45) is 0 Å². The van der Waals surface area contributed by atoms with Crippen molar-refractivity contribution in [2.45, 2.75) is 0 Å². The van der Waals surface area contributed by atoms with Crippen LogP contribution in [0.2, 0.25) is 5.02 Å². The normalized spacial score (nSPS) is 11.2. The van der Waals surface area contributed by atoms with E-state index in [1.807, 2.05) is 36.4 Å². The van der Waals surface area contributed by atoms with E-state index in [0.29, 0.717) is 5.02 Å². The van der Waals surface area contributed by atoms with E-state index in [1.54, 1.807) is 11.3 Å². The molecule has 1 heterocycles. The van der Waals surface area contributed by atoms with Crippen LogP contribution in [0.4, 0.5) is 0 Å². The molecule has 3 aromatic rings. The minimum Gasteiger partial charge on any atom is -0.288 e. The molecule has 0 saturated heterocycles. The fourth-order valence-corrected chi connectivity index (χ4v) is 4.51. The number of hydrogen-bond donors (Lipinski definition) is 0. The maximum atomic E-state index is 12.4. The highest BCUT2D eigenvalue weighted by Crippen LogP contribution is 2.29. The topological polar surface area (TPSA) is 17.1 Å². The molecule has 0 saturated carbocycles. The molecule has 1 nitrogen and oxygen atoms in total. The summed E-state index contributed by atoms with van der Waals surface area (Å²) in [6, 6.07) is 11.4. The summed E-state index contributed by atoms with van der Waals surface area (Å²) in [6.07, 6.45) is 0. The lowest BCUT2D eigenvalue weighted by atomic mass is 10.2. The second kappa shape index (κ2) is 4.23. The molecule has 84 valence electrons. The zero-order valence-electron chi connectivity index (χ0n) is 8.54. The van der Waals surface area contributed by atoms with Gasteiger partial charge in [-0.3, -0.25) is 4.79 Å². The Morgan fingerprint density at radius 1 is 1.12 bits per heavy atom. The van der Waals surface area contributed by atoms with Crippen molar-refractivity contribution >= 4 is 65.7 Å². The Balaban J connectivity index is 2.64. The lowest BCUT2D eigenvalue weighted by Crippen LogP contribution is -2.02. The Kier molecular flexibility index (Phi) is 2.84. The SMILES string of the molecule is O=c1c2ccccc2sc2cc(Cl)cc(I)c12. The molecular formula is C13H6ClIOS. The zero-order valence-corrected chi connectivity index (χ0v) is 12.3. The van der Waals surface area contributed by atoms with E-state index < -0.39 is 0 Å².